The van der Waals surface area contributed by atoms with Crippen molar-refractivity contribution < 1.29 is 9.18 Å². The van der Waals surface area contributed by atoms with Crippen LogP contribution in [0.1, 0.15) is 23.1 Å². The largest absolute Gasteiger partial charge is 0.381 e. The Morgan fingerprint density at radius 3 is 2.90 bits per heavy atom. The molecule has 0 aromatic heterocycles. The van der Waals surface area contributed by atoms with Crippen molar-refractivity contribution in [3.63, 3.8) is 0 Å². The molecule has 1 heterocycles. The van der Waals surface area contributed by atoms with E-state index in [2.05, 4.69) is 10.6 Å². The molecule has 3 nitrogen and oxygen atoms in total. The van der Waals surface area contributed by atoms with Crippen LogP contribution in [0.25, 0.3) is 0 Å². The second kappa shape index (κ2) is 5.56. The van der Waals surface area contributed by atoms with E-state index in [1.165, 1.54) is 6.07 Å². The van der Waals surface area contributed by atoms with E-state index in [1.807, 2.05) is 25.1 Å². The first-order valence-electron chi connectivity index (χ1n) is 7.03. The minimum Gasteiger partial charge on any atom is -0.381 e. The number of amides is 1. The summed E-state index contributed by atoms with van der Waals surface area (Å²) < 4.78 is 13.3. The highest BCUT2D eigenvalue weighted by Gasteiger charge is 2.14. The molecule has 2 aromatic carbocycles. The number of rotatable bonds is 3. The number of carbonyl (C=O) groups is 1. The molecule has 0 saturated carbocycles. The number of nitrogens with one attached hydrogen (secondary N) is 2. The van der Waals surface area contributed by atoms with E-state index in [9.17, 15) is 9.18 Å². The van der Waals surface area contributed by atoms with Gasteiger partial charge in [0, 0.05) is 24.3 Å². The Labute approximate surface area is 123 Å². The highest BCUT2D eigenvalue weighted by Crippen LogP contribution is 2.26. The van der Waals surface area contributed by atoms with Gasteiger partial charge in [-0.2, -0.15) is 0 Å². The molecule has 0 aliphatic carbocycles. The quantitative estimate of drug-likeness (QED) is 0.903. The van der Waals surface area contributed by atoms with Crippen LogP contribution in [0.3, 0.4) is 0 Å². The van der Waals surface area contributed by atoms with E-state index in [0.717, 1.165) is 34.5 Å². The van der Waals surface area contributed by atoms with E-state index in [-0.39, 0.29) is 11.7 Å². The number of hydrogen-bond acceptors (Lipinski definition) is 2. The van der Waals surface area contributed by atoms with E-state index >= 15 is 0 Å². The lowest BCUT2D eigenvalue weighted by Gasteiger charge is -2.18. The van der Waals surface area contributed by atoms with Crippen molar-refractivity contribution in [2.24, 2.45) is 0 Å². The molecule has 0 saturated heterocycles. The highest BCUT2D eigenvalue weighted by atomic mass is 19.1. The fourth-order valence-electron chi connectivity index (χ4n) is 2.52. The van der Waals surface area contributed by atoms with Crippen LogP contribution in [-0.4, -0.2) is 5.91 Å². The molecule has 21 heavy (non-hydrogen) atoms. The van der Waals surface area contributed by atoms with Gasteiger partial charge in [-0.25, -0.2) is 4.39 Å². The molecule has 108 valence electrons. The Bertz CT molecular complexity index is 697. The zero-order chi connectivity index (χ0) is 14.8. The predicted molar refractivity (Wildman–Crippen MR) is 81.9 cm³/mol. The third-order valence-corrected chi connectivity index (χ3v) is 3.79. The Kier molecular flexibility index (Phi) is 3.60. The van der Waals surface area contributed by atoms with Crippen LogP contribution in [0.15, 0.2) is 36.4 Å². The van der Waals surface area contributed by atoms with Crippen molar-refractivity contribution >= 4 is 17.3 Å². The van der Waals surface area contributed by atoms with Gasteiger partial charge < -0.3 is 10.6 Å². The molecule has 1 aliphatic rings. The van der Waals surface area contributed by atoms with E-state index in [4.69, 9.17) is 0 Å². The SMILES string of the molecule is Cc1ccc(F)cc1CNc1ccc2c(c1)CCC(=O)N2. The first-order chi connectivity index (χ1) is 10.1. The molecule has 2 N–H and O–H groups in total. The van der Waals surface area contributed by atoms with E-state index < -0.39 is 0 Å². The van der Waals surface area contributed by atoms with Gasteiger partial charge >= 0.3 is 0 Å². The third-order valence-electron chi connectivity index (χ3n) is 3.79. The minimum absolute atomic E-state index is 0.0681. The number of carbonyl (C=O) groups excluding carboxylic acids is 1. The van der Waals surface area contributed by atoms with Crippen molar-refractivity contribution in [1.29, 1.82) is 0 Å². The Balaban J connectivity index is 1.74. The molecule has 0 atom stereocenters. The number of fused-ring (bicyclic) bond motifs is 1. The number of anilines is 2. The van der Waals surface area contributed by atoms with Gasteiger partial charge in [-0.1, -0.05) is 6.07 Å². The second-order valence-electron chi connectivity index (χ2n) is 5.34. The average molecular weight is 284 g/mol. The summed E-state index contributed by atoms with van der Waals surface area (Å²) in [4.78, 5) is 11.3. The maximum absolute atomic E-state index is 13.3. The van der Waals surface area contributed by atoms with Crippen LogP contribution in [-0.2, 0) is 17.8 Å². The number of aryl methyl sites for hydroxylation is 2. The highest BCUT2D eigenvalue weighted by molar-refractivity contribution is 5.94. The summed E-state index contributed by atoms with van der Waals surface area (Å²) in [5.74, 6) is -0.149. The molecular weight excluding hydrogens is 267 g/mol. The first kappa shape index (κ1) is 13.6. The fraction of sp³-hybridized carbons (Fsp3) is 0.235. The molecule has 4 heteroatoms. The molecule has 0 unspecified atom stereocenters. The van der Waals surface area contributed by atoms with Crippen LogP contribution in [0.2, 0.25) is 0 Å². The van der Waals surface area contributed by atoms with Crippen molar-refractivity contribution in [3.05, 3.63) is 58.9 Å². The van der Waals surface area contributed by atoms with Crippen molar-refractivity contribution in [2.75, 3.05) is 10.6 Å². The summed E-state index contributed by atoms with van der Waals surface area (Å²) in [6.45, 7) is 2.55. The molecule has 3 rings (SSSR count). The van der Waals surface area contributed by atoms with Crippen molar-refractivity contribution in [1.82, 2.24) is 0 Å². The zero-order valence-corrected chi connectivity index (χ0v) is 11.9. The molecule has 0 bridgehead atoms. The van der Waals surface area contributed by atoms with Gasteiger partial charge in [-0.3, -0.25) is 4.79 Å². The normalized spacial score (nSPS) is 13.5. The van der Waals surface area contributed by atoms with Crippen LogP contribution >= 0.6 is 0 Å². The summed E-state index contributed by atoms with van der Waals surface area (Å²) in [5.41, 5.74) is 5.01. The Hall–Kier alpha value is -2.36. The lowest BCUT2D eigenvalue weighted by atomic mass is 10.0. The minimum atomic E-state index is -0.217. The van der Waals surface area contributed by atoms with Crippen LogP contribution in [0.5, 0.6) is 0 Å². The molecule has 1 aliphatic heterocycles. The van der Waals surface area contributed by atoms with Gasteiger partial charge in [0.25, 0.3) is 0 Å². The maximum Gasteiger partial charge on any atom is 0.224 e. The van der Waals surface area contributed by atoms with Gasteiger partial charge in [0.05, 0.1) is 0 Å². The number of halogens is 1. The third kappa shape index (κ3) is 3.05. The smallest absolute Gasteiger partial charge is 0.224 e. The number of benzene rings is 2. The topological polar surface area (TPSA) is 41.1 Å². The molecular formula is C17H17FN2O. The van der Waals surface area contributed by atoms with E-state index in [0.29, 0.717) is 13.0 Å². The molecule has 2 aromatic rings. The van der Waals surface area contributed by atoms with Crippen LogP contribution in [0, 0.1) is 12.7 Å². The van der Waals surface area contributed by atoms with Gasteiger partial charge in [0.15, 0.2) is 0 Å². The standard InChI is InChI=1S/C17H17FN2O/c1-11-2-4-14(18)8-13(11)10-19-15-5-6-16-12(9-15)3-7-17(21)20-16/h2,4-6,8-9,19H,3,7,10H2,1H3,(H,20,21). The summed E-state index contributed by atoms with van der Waals surface area (Å²) in [5, 5.41) is 6.17. The van der Waals surface area contributed by atoms with Crippen molar-refractivity contribution in [2.45, 2.75) is 26.3 Å². The molecule has 0 spiro atoms. The van der Waals surface area contributed by atoms with Crippen LogP contribution < -0.4 is 10.6 Å². The molecule has 0 fully saturated rings. The predicted octanol–water partition coefficient (Wildman–Crippen LogP) is 3.63. The zero-order valence-electron chi connectivity index (χ0n) is 11.9. The fourth-order valence-corrected chi connectivity index (χ4v) is 2.52. The summed E-state index contributed by atoms with van der Waals surface area (Å²) in [6, 6.07) is 10.7. The Morgan fingerprint density at radius 2 is 2.05 bits per heavy atom. The lowest BCUT2D eigenvalue weighted by molar-refractivity contribution is -0.116. The first-order valence-corrected chi connectivity index (χ1v) is 7.03. The Morgan fingerprint density at radius 1 is 1.19 bits per heavy atom. The van der Waals surface area contributed by atoms with E-state index in [1.54, 1.807) is 12.1 Å². The van der Waals surface area contributed by atoms with Gasteiger partial charge in [0.2, 0.25) is 5.91 Å². The lowest BCUT2D eigenvalue weighted by Crippen LogP contribution is -2.19. The second-order valence-corrected chi connectivity index (χ2v) is 5.34. The summed E-state index contributed by atoms with van der Waals surface area (Å²) in [7, 11) is 0. The van der Waals surface area contributed by atoms with Crippen LogP contribution in [0.4, 0.5) is 15.8 Å². The number of hydrogen-bond donors (Lipinski definition) is 2. The monoisotopic (exact) mass is 284 g/mol. The summed E-state index contributed by atoms with van der Waals surface area (Å²) >= 11 is 0. The summed E-state index contributed by atoms with van der Waals surface area (Å²) in [6.07, 6.45) is 1.29. The average Bonchev–Trinajstić information content (AvgIpc) is 2.48. The molecule has 1 amide bonds. The van der Waals surface area contributed by atoms with Crippen molar-refractivity contribution in [3.8, 4) is 0 Å². The van der Waals surface area contributed by atoms with Gasteiger partial charge in [-0.15, -0.1) is 0 Å². The van der Waals surface area contributed by atoms with Gasteiger partial charge in [0.1, 0.15) is 5.82 Å². The maximum atomic E-state index is 13.3. The van der Waals surface area contributed by atoms with Gasteiger partial charge in [-0.05, 0) is 60.4 Å². The molecule has 0 radical (unpaired) electrons.